The van der Waals surface area contributed by atoms with Crippen molar-refractivity contribution in [3.05, 3.63) is 90.0 Å². The Labute approximate surface area is 171 Å². The second kappa shape index (κ2) is 7.07. The number of hydrogen-bond donors (Lipinski definition) is 0. The molecule has 1 saturated carbocycles. The van der Waals surface area contributed by atoms with E-state index in [-0.39, 0.29) is 11.9 Å². The molecule has 0 radical (unpaired) electrons. The lowest BCUT2D eigenvalue weighted by Crippen LogP contribution is -2.31. The number of ether oxygens (including phenoxy) is 2. The van der Waals surface area contributed by atoms with Gasteiger partial charge in [-0.15, -0.1) is 0 Å². The number of allylic oxidation sites excluding steroid dienone is 1. The molecule has 3 nitrogen and oxygen atoms in total. The summed E-state index contributed by atoms with van der Waals surface area (Å²) in [6.07, 6.45) is 2.31. The van der Waals surface area contributed by atoms with Crippen molar-refractivity contribution in [2.45, 2.75) is 25.9 Å². The van der Waals surface area contributed by atoms with Crippen molar-refractivity contribution in [2.24, 2.45) is 11.3 Å². The molecule has 3 heteroatoms. The van der Waals surface area contributed by atoms with Gasteiger partial charge in [0.15, 0.2) is 0 Å². The number of carbonyl (C=O) groups excluding carboxylic acids is 1. The van der Waals surface area contributed by atoms with Crippen molar-refractivity contribution in [2.75, 3.05) is 6.61 Å². The highest BCUT2D eigenvalue weighted by Gasteiger charge is 2.55. The normalized spacial score (nSPS) is 23.2. The topological polar surface area (TPSA) is 35.5 Å². The number of rotatable bonds is 5. The summed E-state index contributed by atoms with van der Waals surface area (Å²) in [5.41, 5.74) is 3.00. The third-order valence-electron chi connectivity index (χ3n) is 6.40. The van der Waals surface area contributed by atoms with Gasteiger partial charge >= 0.3 is 5.97 Å². The standard InChI is InChI=1S/C26H24O3/c1-18-12-22-17-29-25(27)26(22,14-18)15-19-6-4-10-23(13-19)28-16-21-9-5-8-20-7-2-3-11-24(20)21/h2-11,13,22H,1,12,14-17H2. The summed E-state index contributed by atoms with van der Waals surface area (Å²) in [4.78, 5) is 12.6. The van der Waals surface area contributed by atoms with Gasteiger partial charge in [-0.3, -0.25) is 4.79 Å². The smallest absolute Gasteiger partial charge is 0.313 e. The molecular weight excluding hydrogens is 360 g/mol. The molecule has 5 rings (SSSR count). The average molecular weight is 384 g/mol. The first-order chi connectivity index (χ1) is 14.1. The third-order valence-corrected chi connectivity index (χ3v) is 6.40. The molecular formula is C26H24O3. The van der Waals surface area contributed by atoms with E-state index >= 15 is 0 Å². The molecule has 1 aliphatic heterocycles. The molecule has 2 unspecified atom stereocenters. The van der Waals surface area contributed by atoms with Crippen molar-refractivity contribution in [1.82, 2.24) is 0 Å². The molecule has 0 N–H and O–H groups in total. The van der Waals surface area contributed by atoms with Crippen LogP contribution in [0.25, 0.3) is 10.8 Å². The van der Waals surface area contributed by atoms with Crippen LogP contribution in [0, 0.1) is 11.3 Å². The first-order valence-electron chi connectivity index (χ1n) is 10.2. The van der Waals surface area contributed by atoms with Crippen LogP contribution in [-0.4, -0.2) is 12.6 Å². The number of carbonyl (C=O) groups is 1. The van der Waals surface area contributed by atoms with E-state index in [9.17, 15) is 4.79 Å². The summed E-state index contributed by atoms with van der Waals surface area (Å²) in [5.74, 6) is 1.01. The molecule has 1 aliphatic carbocycles. The van der Waals surface area contributed by atoms with Crippen LogP contribution >= 0.6 is 0 Å². The zero-order chi connectivity index (χ0) is 19.8. The van der Waals surface area contributed by atoms with E-state index in [1.54, 1.807) is 0 Å². The van der Waals surface area contributed by atoms with Gasteiger partial charge in [0.05, 0.1) is 12.0 Å². The first kappa shape index (κ1) is 18.0. The van der Waals surface area contributed by atoms with E-state index in [0.29, 0.717) is 19.6 Å². The SMILES string of the molecule is C=C1CC2COC(=O)C2(Cc2cccc(OCc3cccc4ccccc34)c2)C1. The Morgan fingerprint density at radius 1 is 1.07 bits per heavy atom. The van der Waals surface area contributed by atoms with Gasteiger partial charge in [-0.25, -0.2) is 0 Å². The predicted molar refractivity (Wildman–Crippen MR) is 114 cm³/mol. The monoisotopic (exact) mass is 384 g/mol. The minimum atomic E-state index is -0.439. The fraction of sp³-hybridized carbons (Fsp3) is 0.269. The van der Waals surface area contributed by atoms with E-state index in [2.05, 4.69) is 61.2 Å². The molecule has 0 aromatic heterocycles. The second-order valence-electron chi connectivity index (χ2n) is 8.33. The van der Waals surface area contributed by atoms with Crippen molar-refractivity contribution in [1.29, 1.82) is 0 Å². The first-order valence-corrected chi connectivity index (χ1v) is 10.2. The van der Waals surface area contributed by atoms with Gasteiger partial charge in [0.2, 0.25) is 0 Å². The highest BCUT2D eigenvalue weighted by Crippen LogP contribution is 2.52. The van der Waals surface area contributed by atoms with Gasteiger partial charge < -0.3 is 9.47 Å². The number of hydrogen-bond acceptors (Lipinski definition) is 3. The number of cyclic esters (lactones) is 1. The lowest BCUT2D eigenvalue weighted by atomic mass is 9.75. The van der Waals surface area contributed by atoms with Crippen molar-refractivity contribution in [3.8, 4) is 5.75 Å². The highest BCUT2D eigenvalue weighted by atomic mass is 16.5. The highest BCUT2D eigenvalue weighted by molar-refractivity contribution is 5.85. The van der Waals surface area contributed by atoms with E-state index in [1.165, 1.54) is 16.3 Å². The minimum Gasteiger partial charge on any atom is -0.489 e. The summed E-state index contributed by atoms with van der Waals surface area (Å²) in [6, 6.07) is 22.7. The largest absolute Gasteiger partial charge is 0.489 e. The molecule has 1 saturated heterocycles. The Morgan fingerprint density at radius 2 is 1.90 bits per heavy atom. The average Bonchev–Trinajstić information content (AvgIpc) is 3.20. The Morgan fingerprint density at radius 3 is 2.83 bits per heavy atom. The molecule has 0 spiro atoms. The van der Waals surface area contributed by atoms with E-state index in [4.69, 9.17) is 9.47 Å². The quantitative estimate of drug-likeness (QED) is 0.432. The molecule has 0 bridgehead atoms. The Kier molecular flexibility index (Phi) is 4.39. The molecule has 2 aliphatic rings. The Bertz CT molecular complexity index is 1090. The van der Waals surface area contributed by atoms with Gasteiger partial charge in [-0.1, -0.05) is 66.7 Å². The van der Waals surface area contributed by atoms with E-state index < -0.39 is 5.41 Å². The lowest BCUT2D eigenvalue weighted by molar-refractivity contribution is -0.146. The number of fused-ring (bicyclic) bond motifs is 2. The van der Waals surface area contributed by atoms with Crippen molar-refractivity contribution < 1.29 is 14.3 Å². The summed E-state index contributed by atoms with van der Waals surface area (Å²) < 4.78 is 11.5. The van der Waals surface area contributed by atoms with Crippen molar-refractivity contribution in [3.63, 3.8) is 0 Å². The lowest BCUT2D eigenvalue weighted by Gasteiger charge is -2.24. The summed E-state index contributed by atoms with van der Waals surface area (Å²) >= 11 is 0. The van der Waals surface area contributed by atoms with E-state index in [1.807, 2.05) is 12.1 Å². The fourth-order valence-electron chi connectivity index (χ4n) is 4.95. The molecule has 0 amide bonds. The third kappa shape index (κ3) is 3.21. The van der Waals surface area contributed by atoms with Gasteiger partial charge in [0.25, 0.3) is 0 Å². The van der Waals surface area contributed by atoms with E-state index in [0.717, 1.165) is 29.7 Å². The minimum absolute atomic E-state index is 0.0665. The van der Waals surface area contributed by atoms with Gasteiger partial charge in [0.1, 0.15) is 12.4 Å². The summed E-state index contributed by atoms with van der Waals surface area (Å²) in [5, 5.41) is 2.43. The zero-order valence-corrected chi connectivity index (χ0v) is 16.4. The van der Waals surface area contributed by atoms with Crippen molar-refractivity contribution >= 4 is 16.7 Å². The van der Waals surface area contributed by atoms with Crippen LogP contribution in [0.2, 0.25) is 0 Å². The van der Waals surface area contributed by atoms with Gasteiger partial charge in [0, 0.05) is 5.92 Å². The number of benzene rings is 3. The van der Waals surface area contributed by atoms with Crippen LogP contribution in [0.15, 0.2) is 78.9 Å². The predicted octanol–water partition coefficient (Wildman–Crippen LogP) is 5.47. The zero-order valence-electron chi connectivity index (χ0n) is 16.4. The summed E-state index contributed by atoms with van der Waals surface area (Å²) in [7, 11) is 0. The van der Waals surface area contributed by atoms with Crippen LogP contribution in [-0.2, 0) is 22.6 Å². The van der Waals surface area contributed by atoms with Gasteiger partial charge in [-0.05, 0) is 53.3 Å². The van der Waals surface area contributed by atoms with Crippen LogP contribution in [0.5, 0.6) is 5.75 Å². The number of esters is 1. The Hall–Kier alpha value is -3.07. The fourth-order valence-corrected chi connectivity index (χ4v) is 4.95. The molecule has 29 heavy (non-hydrogen) atoms. The van der Waals surface area contributed by atoms with Gasteiger partial charge in [-0.2, -0.15) is 0 Å². The maximum absolute atomic E-state index is 12.6. The molecule has 1 heterocycles. The van der Waals surface area contributed by atoms with Crippen LogP contribution < -0.4 is 4.74 Å². The van der Waals surface area contributed by atoms with Crippen LogP contribution in [0.4, 0.5) is 0 Å². The second-order valence-corrected chi connectivity index (χ2v) is 8.33. The maximum atomic E-state index is 12.6. The molecule has 2 atom stereocenters. The maximum Gasteiger partial charge on any atom is 0.313 e. The van der Waals surface area contributed by atoms with Crippen LogP contribution in [0.1, 0.15) is 24.0 Å². The van der Waals surface area contributed by atoms with Crippen LogP contribution in [0.3, 0.4) is 0 Å². The molecule has 3 aromatic carbocycles. The Balaban J connectivity index is 1.35. The molecule has 146 valence electrons. The summed E-state index contributed by atoms with van der Waals surface area (Å²) in [6.45, 7) is 5.16. The molecule has 2 fully saturated rings. The molecule has 3 aromatic rings.